The second-order valence-electron chi connectivity index (χ2n) is 6.25. The first kappa shape index (κ1) is 16.9. The van der Waals surface area contributed by atoms with Crippen LogP contribution in [-0.4, -0.2) is 32.1 Å². The van der Waals surface area contributed by atoms with E-state index >= 15 is 0 Å². The second-order valence-corrected chi connectivity index (χ2v) is 7.14. The molecule has 0 bridgehead atoms. The molecule has 3 heterocycles. The number of amides is 1. The van der Waals surface area contributed by atoms with Crippen molar-refractivity contribution in [2.24, 2.45) is 0 Å². The lowest BCUT2D eigenvalue weighted by atomic mass is 10.2. The minimum Gasteiger partial charge on any atom is -0.302 e. The summed E-state index contributed by atoms with van der Waals surface area (Å²) < 4.78 is 15.0. The predicted octanol–water partition coefficient (Wildman–Crippen LogP) is 2.87. The van der Waals surface area contributed by atoms with Gasteiger partial charge in [-0.2, -0.15) is 5.10 Å². The van der Waals surface area contributed by atoms with Gasteiger partial charge >= 0.3 is 0 Å². The molecule has 0 unspecified atom stereocenters. The van der Waals surface area contributed by atoms with Crippen LogP contribution in [-0.2, 0) is 24.4 Å². The van der Waals surface area contributed by atoms with Gasteiger partial charge in [0.1, 0.15) is 5.82 Å². The standard InChI is InChI=1S/C18H18FN5OS/c19-15-3-1-13(2-4-15)10-24-16-12-23(11-14(16)9-21-24)7-5-17(25)22-18-20-6-8-26-18/h1-4,6,8-9H,5,7,10-12H2,(H,20,22,25). The monoisotopic (exact) mass is 371 g/mol. The maximum atomic E-state index is 13.0. The number of nitrogens with one attached hydrogen (secondary N) is 1. The van der Waals surface area contributed by atoms with Gasteiger partial charge < -0.3 is 5.32 Å². The van der Waals surface area contributed by atoms with Crippen LogP contribution in [0.3, 0.4) is 0 Å². The van der Waals surface area contributed by atoms with Crippen LogP contribution in [0, 0.1) is 5.82 Å². The van der Waals surface area contributed by atoms with Crippen LogP contribution in [0.1, 0.15) is 23.2 Å². The zero-order valence-corrected chi connectivity index (χ0v) is 14.9. The van der Waals surface area contributed by atoms with Gasteiger partial charge in [0.2, 0.25) is 5.91 Å². The van der Waals surface area contributed by atoms with Crippen LogP contribution >= 0.6 is 11.3 Å². The largest absolute Gasteiger partial charge is 0.302 e. The van der Waals surface area contributed by atoms with Crippen molar-refractivity contribution in [3.8, 4) is 0 Å². The fourth-order valence-electron chi connectivity index (χ4n) is 3.06. The van der Waals surface area contributed by atoms with E-state index in [4.69, 9.17) is 0 Å². The molecule has 3 aromatic rings. The summed E-state index contributed by atoms with van der Waals surface area (Å²) in [5, 5.41) is 9.72. The molecule has 0 atom stereocenters. The van der Waals surface area contributed by atoms with Gasteiger partial charge in [-0.3, -0.25) is 14.4 Å². The smallest absolute Gasteiger partial charge is 0.227 e. The third-order valence-corrected chi connectivity index (χ3v) is 5.07. The second kappa shape index (κ2) is 7.35. The molecule has 1 aliphatic heterocycles. The number of hydrogen-bond donors (Lipinski definition) is 1. The normalized spacial score (nSPS) is 13.7. The third kappa shape index (κ3) is 3.81. The topological polar surface area (TPSA) is 63.1 Å². The number of aromatic nitrogens is 3. The van der Waals surface area contributed by atoms with Crippen LogP contribution in [0.15, 0.2) is 42.0 Å². The molecule has 134 valence electrons. The molecule has 8 heteroatoms. The first-order valence-corrected chi connectivity index (χ1v) is 9.25. The number of rotatable bonds is 6. The Balaban J connectivity index is 1.32. The molecule has 2 aromatic heterocycles. The van der Waals surface area contributed by atoms with Gasteiger partial charge in [0, 0.05) is 43.2 Å². The Bertz CT molecular complexity index is 891. The average Bonchev–Trinajstić information content (AvgIpc) is 3.34. The number of thiazole rings is 1. The van der Waals surface area contributed by atoms with Gasteiger partial charge in [-0.1, -0.05) is 12.1 Å². The fourth-order valence-corrected chi connectivity index (χ4v) is 3.60. The van der Waals surface area contributed by atoms with Crippen molar-refractivity contribution in [3.05, 3.63) is 64.7 Å². The van der Waals surface area contributed by atoms with Crippen LogP contribution in [0.4, 0.5) is 9.52 Å². The summed E-state index contributed by atoms with van der Waals surface area (Å²) in [5.74, 6) is -0.259. The van der Waals surface area contributed by atoms with Gasteiger partial charge in [-0.25, -0.2) is 9.37 Å². The van der Waals surface area contributed by atoms with E-state index in [2.05, 4.69) is 20.3 Å². The van der Waals surface area contributed by atoms with Crippen LogP contribution in [0.5, 0.6) is 0 Å². The van der Waals surface area contributed by atoms with Crippen molar-refractivity contribution in [2.45, 2.75) is 26.1 Å². The molecule has 0 saturated carbocycles. The average molecular weight is 371 g/mol. The van der Waals surface area contributed by atoms with E-state index in [1.54, 1.807) is 18.3 Å². The van der Waals surface area contributed by atoms with E-state index in [1.807, 2.05) is 16.3 Å². The molecule has 1 amide bonds. The lowest BCUT2D eigenvalue weighted by molar-refractivity contribution is -0.116. The van der Waals surface area contributed by atoms with Crippen molar-refractivity contribution in [1.82, 2.24) is 19.7 Å². The summed E-state index contributed by atoms with van der Waals surface area (Å²) in [6.07, 6.45) is 3.98. The van der Waals surface area contributed by atoms with Crippen molar-refractivity contribution < 1.29 is 9.18 Å². The molecule has 0 radical (unpaired) electrons. The van der Waals surface area contributed by atoms with Crippen LogP contribution < -0.4 is 5.32 Å². The predicted molar refractivity (Wildman–Crippen MR) is 97.2 cm³/mol. The Morgan fingerprint density at radius 2 is 2.12 bits per heavy atom. The Kier molecular flexibility index (Phi) is 4.77. The summed E-state index contributed by atoms with van der Waals surface area (Å²) in [6.45, 7) is 2.86. The fraction of sp³-hybridized carbons (Fsp3) is 0.278. The number of fused-ring (bicyclic) bond motifs is 1. The summed E-state index contributed by atoms with van der Waals surface area (Å²) >= 11 is 1.41. The SMILES string of the molecule is O=C(CCN1Cc2cnn(Cc3ccc(F)cc3)c2C1)Nc1nccs1. The Morgan fingerprint density at radius 3 is 2.88 bits per heavy atom. The number of nitrogens with zero attached hydrogens (tertiary/aromatic N) is 4. The molecular weight excluding hydrogens is 353 g/mol. The van der Waals surface area contributed by atoms with Gasteiger partial charge in [0.15, 0.2) is 5.13 Å². The summed E-state index contributed by atoms with van der Waals surface area (Å²) in [5.41, 5.74) is 3.36. The molecule has 4 rings (SSSR count). The molecule has 26 heavy (non-hydrogen) atoms. The highest BCUT2D eigenvalue weighted by Crippen LogP contribution is 2.23. The quantitative estimate of drug-likeness (QED) is 0.724. The van der Waals surface area contributed by atoms with Crippen LogP contribution in [0.2, 0.25) is 0 Å². The highest BCUT2D eigenvalue weighted by Gasteiger charge is 2.24. The van der Waals surface area contributed by atoms with Crippen molar-refractivity contribution in [3.63, 3.8) is 0 Å². The summed E-state index contributed by atoms with van der Waals surface area (Å²) in [7, 11) is 0. The van der Waals surface area contributed by atoms with E-state index in [0.29, 0.717) is 24.6 Å². The lowest BCUT2D eigenvalue weighted by Gasteiger charge is -2.15. The molecule has 0 saturated heterocycles. The first-order valence-electron chi connectivity index (χ1n) is 8.37. The number of hydrogen-bond acceptors (Lipinski definition) is 5. The van der Waals surface area contributed by atoms with E-state index in [-0.39, 0.29) is 11.7 Å². The molecule has 0 spiro atoms. The molecule has 0 fully saturated rings. The minimum absolute atomic E-state index is 0.0242. The van der Waals surface area contributed by atoms with Gasteiger partial charge in [-0.15, -0.1) is 11.3 Å². The number of anilines is 1. The number of carbonyl (C=O) groups is 1. The van der Waals surface area contributed by atoms with Gasteiger partial charge in [-0.05, 0) is 17.7 Å². The molecular formula is C18H18FN5OS. The maximum Gasteiger partial charge on any atom is 0.227 e. The number of benzene rings is 1. The highest BCUT2D eigenvalue weighted by molar-refractivity contribution is 7.13. The summed E-state index contributed by atoms with van der Waals surface area (Å²) in [4.78, 5) is 18.3. The number of carbonyl (C=O) groups excluding carboxylic acids is 1. The van der Waals surface area contributed by atoms with E-state index in [0.717, 1.165) is 24.3 Å². The zero-order valence-electron chi connectivity index (χ0n) is 14.1. The maximum absolute atomic E-state index is 13.0. The number of halogens is 1. The molecule has 1 N–H and O–H groups in total. The molecule has 6 nitrogen and oxygen atoms in total. The van der Waals surface area contributed by atoms with Gasteiger partial charge in [0.25, 0.3) is 0 Å². The van der Waals surface area contributed by atoms with E-state index < -0.39 is 0 Å². The van der Waals surface area contributed by atoms with Crippen molar-refractivity contribution >= 4 is 22.4 Å². The van der Waals surface area contributed by atoms with Gasteiger partial charge in [0.05, 0.1) is 18.4 Å². The summed E-state index contributed by atoms with van der Waals surface area (Å²) in [6, 6.07) is 6.48. The van der Waals surface area contributed by atoms with Crippen molar-refractivity contribution in [1.29, 1.82) is 0 Å². The van der Waals surface area contributed by atoms with Crippen LogP contribution in [0.25, 0.3) is 0 Å². The van der Waals surface area contributed by atoms with E-state index in [1.165, 1.54) is 29.0 Å². The Morgan fingerprint density at radius 1 is 1.27 bits per heavy atom. The molecule has 0 aliphatic carbocycles. The van der Waals surface area contributed by atoms with E-state index in [9.17, 15) is 9.18 Å². The molecule has 1 aromatic carbocycles. The van der Waals surface area contributed by atoms with Crippen molar-refractivity contribution in [2.75, 3.05) is 11.9 Å². The molecule has 1 aliphatic rings. The Labute approximate surface area is 154 Å². The first-order chi connectivity index (χ1) is 12.7. The lowest BCUT2D eigenvalue weighted by Crippen LogP contribution is -2.24. The zero-order chi connectivity index (χ0) is 17.9. The third-order valence-electron chi connectivity index (χ3n) is 4.38. The Hall–Kier alpha value is -2.58. The minimum atomic E-state index is -0.235. The highest BCUT2D eigenvalue weighted by atomic mass is 32.1.